The fourth-order valence-electron chi connectivity index (χ4n) is 5.80. The molecule has 0 bridgehead atoms. The summed E-state index contributed by atoms with van der Waals surface area (Å²) in [4.78, 5) is 25.2. The fraction of sp³-hybridized carbons (Fsp3) is 0.379. The van der Waals surface area contributed by atoms with E-state index in [9.17, 15) is 4.79 Å². The van der Waals surface area contributed by atoms with Crippen molar-refractivity contribution in [1.29, 1.82) is 0 Å². The lowest BCUT2D eigenvalue weighted by Crippen LogP contribution is -2.46. The van der Waals surface area contributed by atoms with Crippen LogP contribution in [0.3, 0.4) is 0 Å². The zero-order chi connectivity index (χ0) is 24.3. The molecule has 1 aliphatic carbocycles. The lowest BCUT2D eigenvalue weighted by molar-refractivity contribution is 0.319. The van der Waals surface area contributed by atoms with E-state index in [1.165, 1.54) is 37.8 Å². The van der Waals surface area contributed by atoms with E-state index in [0.29, 0.717) is 5.92 Å². The summed E-state index contributed by atoms with van der Waals surface area (Å²) in [5.74, 6) is 0.588. The molecule has 0 spiro atoms. The average Bonchev–Trinajstić information content (AvgIpc) is 3.23. The van der Waals surface area contributed by atoms with Crippen LogP contribution >= 0.6 is 0 Å². The minimum absolute atomic E-state index is 0.000825. The molecule has 0 unspecified atom stereocenters. The number of imidazole rings is 1. The maximum absolute atomic E-state index is 13.0. The molecule has 0 amide bonds. The van der Waals surface area contributed by atoms with Crippen molar-refractivity contribution in [2.75, 3.05) is 41.3 Å². The first-order valence-electron chi connectivity index (χ1n) is 13.2. The molecule has 2 N–H and O–H groups in total. The number of H-pyrrole nitrogens is 1. The summed E-state index contributed by atoms with van der Waals surface area (Å²) in [7, 11) is 0. The SMILES string of the molecule is O=c1[nH]c2cc(Nc3ccccc3)c(N3CCN(c4ccncc4)CC3)cc2n1CC1CCCCC1. The van der Waals surface area contributed by atoms with Crippen LogP contribution < -0.4 is 20.8 Å². The molecule has 186 valence electrons. The highest BCUT2D eigenvalue weighted by atomic mass is 16.1. The van der Waals surface area contributed by atoms with Crippen LogP contribution in [0.25, 0.3) is 11.0 Å². The van der Waals surface area contributed by atoms with Crippen LogP contribution in [0.1, 0.15) is 32.1 Å². The lowest BCUT2D eigenvalue weighted by atomic mass is 9.89. The summed E-state index contributed by atoms with van der Waals surface area (Å²) in [6, 6.07) is 18.7. The molecule has 2 aromatic heterocycles. The lowest BCUT2D eigenvalue weighted by Gasteiger charge is -2.38. The normalized spacial score (nSPS) is 17.0. The Morgan fingerprint density at radius 2 is 1.61 bits per heavy atom. The highest BCUT2D eigenvalue weighted by Crippen LogP contribution is 2.35. The highest BCUT2D eigenvalue weighted by molar-refractivity contribution is 5.90. The maximum atomic E-state index is 13.0. The van der Waals surface area contributed by atoms with Crippen LogP contribution in [0.5, 0.6) is 0 Å². The van der Waals surface area contributed by atoms with Gasteiger partial charge >= 0.3 is 5.69 Å². The second-order valence-electron chi connectivity index (χ2n) is 10.1. The number of aromatic nitrogens is 3. The van der Waals surface area contributed by atoms with Crippen molar-refractivity contribution in [2.45, 2.75) is 38.6 Å². The minimum Gasteiger partial charge on any atom is -0.368 e. The molecule has 0 atom stereocenters. The fourth-order valence-corrected chi connectivity index (χ4v) is 5.80. The van der Waals surface area contributed by atoms with Gasteiger partial charge in [-0.3, -0.25) is 9.55 Å². The number of rotatable bonds is 6. The second kappa shape index (κ2) is 10.1. The summed E-state index contributed by atoms with van der Waals surface area (Å²) in [6.07, 6.45) is 10.0. The van der Waals surface area contributed by atoms with Gasteiger partial charge in [-0.15, -0.1) is 0 Å². The molecular weight excluding hydrogens is 448 g/mol. The molecule has 4 aromatic rings. The predicted octanol–water partition coefficient (Wildman–Crippen LogP) is 5.38. The van der Waals surface area contributed by atoms with Gasteiger partial charge in [0, 0.05) is 56.5 Å². The Kier molecular flexibility index (Phi) is 6.36. The van der Waals surface area contributed by atoms with Gasteiger partial charge < -0.3 is 20.1 Å². The van der Waals surface area contributed by atoms with Gasteiger partial charge in [0.2, 0.25) is 0 Å². The first-order valence-corrected chi connectivity index (χ1v) is 13.2. The molecule has 6 rings (SSSR count). The smallest absolute Gasteiger partial charge is 0.326 e. The summed E-state index contributed by atoms with van der Waals surface area (Å²) in [5.41, 5.74) is 6.34. The van der Waals surface area contributed by atoms with E-state index < -0.39 is 0 Å². The Hall–Kier alpha value is -3.74. The van der Waals surface area contributed by atoms with Gasteiger partial charge in [0.05, 0.1) is 22.4 Å². The number of hydrogen-bond donors (Lipinski definition) is 2. The number of aromatic amines is 1. The number of pyridine rings is 1. The number of piperazine rings is 1. The number of hydrogen-bond acceptors (Lipinski definition) is 5. The molecule has 3 heterocycles. The van der Waals surface area contributed by atoms with E-state index in [-0.39, 0.29) is 5.69 Å². The maximum Gasteiger partial charge on any atom is 0.326 e. The molecule has 36 heavy (non-hydrogen) atoms. The van der Waals surface area contributed by atoms with E-state index >= 15 is 0 Å². The van der Waals surface area contributed by atoms with Gasteiger partial charge in [-0.25, -0.2) is 4.79 Å². The third-order valence-electron chi connectivity index (χ3n) is 7.76. The Morgan fingerprint density at radius 3 is 2.36 bits per heavy atom. The van der Waals surface area contributed by atoms with Crippen molar-refractivity contribution in [3.05, 3.63) is 77.5 Å². The Labute approximate surface area is 211 Å². The molecule has 1 saturated carbocycles. The van der Waals surface area contributed by atoms with Crippen molar-refractivity contribution < 1.29 is 0 Å². The third kappa shape index (κ3) is 4.70. The van der Waals surface area contributed by atoms with E-state index in [1.807, 2.05) is 35.2 Å². The largest absolute Gasteiger partial charge is 0.368 e. The first kappa shape index (κ1) is 22.7. The molecule has 7 heteroatoms. The number of anilines is 4. The molecule has 2 aliphatic rings. The summed E-state index contributed by atoms with van der Waals surface area (Å²) in [6.45, 7) is 4.51. The van der Waals surface area contributed by atoms with E-state index in [1.54, 1.807) is 0 Å². The molecule has 1 aliphatic heterocycles. The van der Waals surface area contributed by atoms with Gasteiger partial charge in [-0.1, -0.05) is 37.5 Å². The van der Waals surface area contributed by atoms with Crippen molar-refractivity contribution in [2.24, 2.45) is 5.92 Å². The standard InChI is InChI=1S/C29H34N6O/c36-29-32-26-19-25(31-23-9-5-2-6-10-23)27(20-28(26)35(29)21-22-7-3-1-4-8-22)34-17-15-33(16-18-34)24-11-13-30-14-12-24/h2,5-6,9-14,19-20,22,31H,1,3-4,7-8,15-18,21H2,(H,32,36). The first-order chi connectivity index (χ1) is 17.7. The molecule has 2 aromatic carbocycles. The predicted molar refractivity (Wildman–Crippen MR) is 148 cm³/mol. The summed E-state index contributed by atoms with van der Waals surface area (Å²) < 4.78 is 1.98. The summed E-state index contributed by atoms with van der Waals surface area (Å²) in [5, 5.41) is 3.62. The monoisotopic (exact) mass is 482 g/mol. The van der Waals surface area contributed by atoms with Gasteiger partial charge in [0.15, 0.2) is 0 Å². The third-order valence-corrected chi connectivity index (χ3v) is 7.76. The van der Waals surface area contributed by atoms with Gasteiger partial charge in [-0.2, -0.15) is 0 Å². The Bertz CT molecular complexity index is 1350. The molecule has 0 radical (unpaired) electrons. The van der Waals surface area contributed by atoms with Crippen molar-refractivity contribution in [3.8, 4) is 0 Å². The number of fused-ring (bicyclic) bond motifs is 1. The van der Waals surface area contributed by atoms with E-state index in [0.717, 1.165) is 60.8 Å². The molecular formula is C29H34N6O. The van der Waals surface area contributed by atoms with Crippen LogP contribution in [0.2, 0.25) is 0 Å². The highest BCUT2D eigenvalue weighted by Gasteiger charge is 2.23. The molecule has 1 saturated heterocycles. The number of nitrogens with zero attached hydrogens (tertiary/aromatic N) is 4. The summed E-state index contributed by atoms with van der Waals surface area (Å²) >= 11 is 0. The Morgan fingerprint density at radius 1 is 0.889 bits per heavy atom. The number of benzene rings is 2. The number of nitrogens with one attached hydrogen (secondary N) is 2. The van der Waals surface area contributed by atoms with E-state index in [4.69, 9.17) is 0 Å². The van der Waals surface area contributed by atoms with Crippen molar-refractivity contribution in [1.82, 2.24) is 14.5 Å². The van der Waals surface area contributed by atoms with Crippen LogP contribution in [-0.4, -0.2) is 40.7 Å². The molecule has 7 nitrogen and oxygen atoms in total. The molecule has 2 fully saturated rings. The van der Waals surface area contributed by atoms with Crippen LogP contribution in [0.4, 0.5) is 22.7 Å². The minimum atomic E-state index is 0.000825. The van der Waals surface area contributed by atoms with Crippen LogP contribution in [-0.2, 0) is 6.54 Å². The van der Waals surface area contributed by atoms with Gasteiger partial charge in [0.25, 0.3) is 0 Å². The topological polar surface area (TPSA) is 69.2 Å². The van der Waals surface area contributed by atoms with Gasteiger partial charge in [-0.05, 0) is 55.2 Å². The van der Waals surface area contributed by atoms with Gasteiger partial charge in [0.1, 0.15) is 0 Å². The Balaban J connectivity index is 1.34. The number of para-hydroxylation sites is 1. The van der Waals surface area contributed by atoms with Crippen molar-refractivity contribution >= 4 is 33.8 Å². The zero-order valence-electron chi connectivity index (χ0n) is 20.7. The van der Waals surface area contributed by atoms with Crippen LogP contribution in [0.15, 0.2) is 71.8 Å². The average molecular weight is 483 g/mol. The van der Waals surface area contributed by atoms with E-state index in [2.05, 4.69) is 61.5 Å². The quantitative estimate of drug-likeness (QED) is 0.386. The van der Waals surface area contributed by atoms with Crippen LogP contribution in [0, 0.1) is 5.92 Å². The second-order valence-corrected chi connectivity index (χ2v) is 10.1. The van der Waals surface area contributed by atoms with Crippen molar-refractivity contribution in [3.63, 3.8) is 0 Å². The zero-order valence-corrected chi connectivity index (χ0v) is 20.7.